The Morgan fingerprint density at radius 3 is 2.33 bits per heavy atom. The lowest BCUT2D eigenvalue weighted by Gasteiger charge is -2.18. The van der Waals surface area contributed by atoms with E-state index in [1.807, 2.05) is 18.4 Å². The summed E-state index contributed by atoms with van der Waals surface area (Å²) in [4.78, 5) is 4.19. The summed E-state index contributed by atoms with van der Waals surface area (Å²) in [6, 6.07) is 0. The molecule has 1 saturated heterocycles. The van der Waals surface area contributed by atoms with Crippen molar-refractivity contribution in [1.82, 2.24) is 13.9 Å². The number of nitrogens with zero attached hydrogens (tertiary/aromatic N) is 3. The van der Waals surface area contributed by atoms with E-state index in [9.17, 15) is 8.42 Å². The predicted octanol–water partition coefficient (Wildman–Crippen LogP) is 1.78. The molecule has 0 radical (unpaired) electrons. The van der Waals surface area contributed by atoms with Gasteiger partial charge in [-0.25, -0.2) is 13.4 Å². The molecule has 6 heteroatoms. The van der Waals surface area contributed by atoms with Crippen LogP contribution in [0.25, 0.3) is 0 Å². The maximum atomic E-state index is 12.5. The first-order valence-electron chi connectivity index (χ1n) is 6.59. The summed E-state index contributed by atoms with van der Waals surface area (Å²) in [5.41, 5.74) is 0. The number of hydrogen-bond acceptors (Lipinski definition) is 3. The fraction of sp³-hybridized carbons (Fsp3) is 0.750. The average Bonchev–Trinajstić information content (AvgIpc) is 2.55. The van der Waals surface area contributed by atoms with Crippen molar-refractivity contribution in [3.63, 3.8) is 0 Å². The summed E-state index contributed by atoms with van der Waals surface area (Å²) in [7, 11) is -3.40. The van der Waals surface area contributed by atoms with E-state index in [4.69, 9.17) is 0 Å². The number of sulfonamides is 1. The molecule has 0 spiro atoms. The van der Waals surface area contributed by atoms with Gasteiger partial charge in [0.15, 0.2) is 5.03 Å². The van der Waals surface area contributed by atoms with E-state index >= 15 is 0 Å². The summed E-state index contributed by atoms with van der Waals surface area (Å²) in [5.74, 6) is 0.755. The molecule has 0 bridgehead atoms. The van der Waals surface area contributed by atoms with Gasteiger partial charge in [0.25, 0.3) is 10.0 Å². The molecule has 5 nitrogen and oxygen atoms in total. The molecule has 1 aromatic rings. The maximum absolute atomic E-state index is 12.5. The zero-order valence-corrected chi connectivity index (χ0v) is 11.9. The SMILES string of the molecule is CCn1cc(S(=O)(=O)N2CCCCCC2)nc1C. The maximum Gasteiger partial charge on any atom is 0.262 e. The lowest BCUT2D eigenvalue weighted by Crippen LogP contribution is -2.32. The van der Waals surface area contributed by atoms with Crippen LogP contribution in [0.15, 0.2) is 11.2 Å². The quantitative estimate of drug-likeness (QED) is 0.842. The number of aryl methyl sites for hydroxylation is 2. The number of aromatic nitrogens is 2. The molecule has 0 N–H and O–H groups in total. The van der Waals surface area contributed by atoms with Gasteiger partial charge < -0.3 is 4.57 Å². The Labute approximate surface area is 109 Å². The number of hydrogen-bond donors (Lipinski definition) is 0. The van der Waals surface area contributed by atoms with Gasteiger partial charge in [0, 0.05) is 25.8 Å². The zero-order chi connectivity index (χ0) is 13.2. The van der Waals surface area contributed by atoms with Gasteiger partial charge in [-0.15, -0.1) is 0 Å². The van der Waals surface area contributed by atoms with Crippen molar-refractivity contribution >= 4 is 10.0 Å². The lowest BCUT2D eigenvalue weighted by atomic mass is 10.2. The van der Waals surface area contributed by atoms with Gasteiger partial charge in [-0.3, -0.25) is 0 Å². The second-order valence-corrected chi connectivity index (χ2v) is 6.62. The molecule has 0 aromatic carbocycles. The summed E-state index contributed by atoms with van der Waals surface area (Å²) >= 11 is 0. The highest BCUT2D eigenvalue weighted by Crippen LogP contribution is 2.19. The standard InChI is InChI=1S/C12H21N3O2S/c1-3-14-10-12(13-11(14)2)18(16,17)15-8-6-4-5-7-9-15/h10H,3-9H2,1-2H3. The number of rotatable bonds is 3. The molecule has 1 aliphatic rings. The van der Waals surface area contributed by atoms with Crippen LogP contribution in [0, 0.1) is 6.92 Å². The van der Waals surface area contributed by atoms with Gasteiger partial charge in [0.1, 0.15) is 5.82 Å². The van der Waals surface area contributed by atoms with Crippen LogP contribution in [-0.2, 0) is 16.6 Å². The number of imidazole rings is 1. The fourth-order valence-electron chi connectivity index (χ4n) is 2.34. The molecular weight excluding hydrogens is 250 g/mol. The van der Waals surface area contributed by atoms with Gasteiger partial charge in [0.05, 0.1) is 0 Å². The van der Waals surface area contributed by atoms with Crippen molar-refractivity contribution in [3.8, 4) is 0 Å². The monoisotopic (exact) mass is 271 g/mol. The van der Waals surface area contributed by atoms with Crippen molar-refractivity contribution in [1.29, 1.82) is 0 Å². The van der Waals surface area contributed by atoms with Crippen molar-refractivity contribution in [2.75, 3.05) is 13.1 Å². The van der Waals surface area contributed by atoms with Crippen LogP contribution in [0.2, 0.25) is 0 Å². The molecule has 2 rings (SSSR count). The molecule has 0 atom stereocenters. The van der Waals surface area contributed by atoms with E-state index in [0.717, 1.165) is 38.1 Å². The molecule has 2 heterocycles. The highest BCUT2D eigenvalue weighted by molar-refractivity contribution is 7.89. The second kappa shape index (κ2) is 5.40. The molecule has 0 saturated carbocycles. The molecule has 1 fully saturated rings. The van der Waals surface area contributed by atoms with Gasteiger partial charge in [-0.2, -0.15) is 4.31 Å². The topological polar surface area (TPSA) is 55.2 Å². The van der Waals surface area contributed by atoms with Crippen LogP contribution in [0.4, 0.5) is 0 Å². The van der Waals surface area contributed by atoms with Crippen LogP contribution >= 0.6 is 0 Å². The molecule has 1 aliphatic heterocycles. The van der Waals surface area contributed by atoms with Gasteiger partial charge in [-0.1, -0.05) is 12.8 Å². The minimum absolute atomic E-state index is 0.198. The molecule has 18 heavy (non-hydrogen) atoms. The van der Waals surface area contributed by atoms with Crippen LogP contribution in [0.3, 0.4) is 0 Å². The fourth-order valence-corrected chi connectivity index (χ4v) is 3.85. The molecule has 1 aromatic heterocycles. The first-order chi connectivity index (χ1) is 8.55. The van der Waals surface area contributed by atoms with E-state index in [1.165, 1.54) is 0 Å². The minimum atomic E-state index is -3.40. The zero-order valence-electron chi connectivity index (χ0n) is 11.1. The van der Waals surface area contributed by atoms with E-state index in [2.05, 4.69) is 4.98 Å². The highest BCUT2D eigenvalue weighted by Gasteiger charge is 2.27. The Kier molecular flexibility index (Phi) is 4.07. The Morgan fingerprint density at radius 2 is 1.83 bits per heavy atom. The Hall–Kier alpha value is -0.880. The summed E-state index contributed by atoms with van der Waals surface area (Å²) in [5, 5.41) is 0.198. The minimum Gasteiger partial charge on any atom is -0.334 e. The van der Waals surface area contributed by atoms with Crippen molar-refractivity contribution in [3.05, 3.63) is 12.0 Å². The second-order valence-electron chi connectivity index (χ2n) is 4.73. The molecule has 0 aliphatic carbocycles. The summed E-state index contributed by atoms with van der Waals surface area (Å²) in [6.07, 6.45) is 5.79. The van der Waals surface area contributed by atoms with Crippen LogP contribution in [0.5, 0.6) is 0 Å². The molecular formula is C12H21N3O2S. The van der Waals surface area contributed by atoms with E-state index in [-0.39, 0.29) is 5.03 Å². The van der Waals surface area contributed by atoms with E-state index in [1.54, 1.807) is 10.5 Å². The van der Waals surface area contributed by atoms with Crippen LogP contribution < -0.4 is 0 Å². The highest BCUT2D eigenvalue weighted by atomic mass is 32.2. The largest absolute Gasteiger partial charge is 0.334 e. The molecule has 0 unspecified atom stereocenters. The van der Waals surface area contributed by atoms with E-state index < -0.39 is 10.0 Å². The van der Waals surface area contributed by atoms with Crippen molar-refractivity contribution in [2.24, 2.45) is 0 Å². The Bertz CT molecular complexity index is 499. The summed E-state index contributed by atoms with van der Waals surface area (Å²) < 4.78 is 28.4. The smallest absolute Gasteiger partial charge is 0.262 e. The average molecular weight is 271 g/mol. The first-order valence-corrected chi connectivity index (χ1v) is 8.03. The molecule has 0 amide bonds. The van der Waals surface area contributed by atoms with Gasteiger partial charge in [0.2, 0.25) is 0 Å². The normalized spacial score (nSPS) is 18.8. The van der Waals surface area contributed by atoms with Gasteiger partial charge in [-0.05, 0) is 26.7 Å². The van der Waals surface area contributed by atoms with Crippen LogP contribution in [-0.4, -0.2) is 35.4 Å². The van der Waals surface area contributed by atoms with Crippen molar-refractivity contribution < 1.29 is 8.42 Å². The van der Waals surface area contributed by atoms with E-state index in [0.29, 0.717) is 13.1 Å². The first kappa shape index (κ1) is 13.5. The Balaban J connectivity index is 2.28. The lowest BCUT2D eigenvalue weighted by molar-refractivity contribution is 0.422. The Morgan fingerprint density at radius 1 is 1.22 bits per heavy atom. The van der Waals surface area contributed by atoms with Gasteiger partial charge >= 0.3 is 0 Å². The summed E-state index contributed by atoms with van der Waals surface area (Å²) in [6.45, 7) is 5.82. The predicted molar refractivity (Wildman–Crippen MR) is 69.9 cm³/mol. The molecule has 102 valence electrons. The third-order valence-electron chi connectivity index (χ3n) is 3.46. The van der Waals surface area contributed by atoms with Crippen molar-refractivity contribution in [2.45, 2.75) is 51.1 Å². The third kappa shape index (κ3) is 2.59. The van der Waals surface area contributed by atoms with Crippen LogP contribution in [0.1, 0.15) is 38.4 Å². The third-order valence-corrected chi connectivity index (χ3v) is 5.23.